The maximum Gasteiger partial charge on any atom is 0.252 e. The lowest BCUT2D eigenvalue weighted by atomic mass is 10.2. The van der Waals surface area contributed by atoms with Crippen LogP contribution in [0.25, 0.3) is 0 Å². The normalized spacial score (nSPS) is 9.67. The number of nitrogens with zero attached hydrogens (tertiary/aromatic N) is 1. The fraction of sp³-hybridized carbons (Fsp3) is 0.300. The molecule has 0 atom stereocenters. The Bertz CT molecular complexity index is 341. The van der Waals surface area contributed by atoms with Crippen LogP contribution in [0.3, 0.4) is 0 Å². The van der Waals surface area contributed by atoms with Gasteiger partial charge in [-0.25, -0.2) is 0 Å². The highest BCUT2D eigenvalue weighted by Crippen LogP contribution is 1.98. The van der Waals surface area contributed by atoms with Gasteiger partial charge in [0.2, 0.25) is 0 Å². The molecule has 0 bridgehead atoms. The summed E-state index contributed by atoms with van der Waals surface area (Å²) in [7, 11) is 0. The number of nitrogens with one attached hydrogen (secondary N) is 1. The van der Waals surface area contributed by atoms with E-state index < -0.39 is 0 Å². The Morgan fingerprint density at radius 3 is 2.87 bits per heavy atom. The molecule has 1 amide bonds. The summed E-state index contributed by atoms with van der Waals surface area (Å²) in [6.07, 6.45) is 4.30. The zero-order valence-electron chi connectivity index (χ0n) is 8.07. The van der Waals surface area contributed by atoms with Gasteiger partial charge in [-0.2, -0.15) is 0 Å². The van der Waals surface area contributed by atoms with Crippen molar-refractivity contribution in [3.8, 4) is 0 Å². The molecule has 4 nitrogen and oxygen atoms in total. The van der Waals surface area contributed by atoms with Gasteiger partial charge in [-0.3, -0.25) is 14.6 Å². The summed E-state index contributed by atoms with van der Waals surface area (Å²) in [5.74, 6) is -0.149. The van der Waals surface area contributed by atoms with Gasteiger partial charge in [0, 0.05) is 25.4 Å². The molecule has 0 aliphatic rings. The topological polar surface area (TPSA) is 59.1 Å². The predicted octanol–water partition coefficient (Wildman–Crippen LogP) is 1.55. The molecule has 0 saturated carbocycles. The number of rotatable bonds is 5. The summed E-state index contributed by atoms with van der Waals surface area (Å²) in [6.45, 7) is 0.516. The zero-order chi connectivity index (χ0) is 11.1. The molecule has 1 aromatic rings. The third-order valence-electron chi connectivity index (χ3n) is 1.76. The molecule has 1 aromatic heterocycles. The van der Waals surface area contributed by atoms with Gasteiger partial charge in [0.05, 0.1) is 5.56 Å². The van der Waals surface area contributed by atoms with Gasteiger partial charge in [0.25, 0.3) is 5.91 Å². The Kier molecular flexibility index (Phi) is 5.23. The quantitative estimate of drug-likeness (QED) is 0.509. The molecule has 0 spiro atoms. The molecular formula is C10H11IN2O2. The Hall–Kier alpha value is -0.980. The molecule has 0 radical (unpaired) electrons. The summed E-state index contributed by atoms with van der Waals surface area (Å²) in [6, 6.07) is 3.41. The van der Waals surface area contributed by atoms with E-state index in [0.717, 1.165) is 0 Å². The van der Waals surface area contributed by atoms with Crippen molar-refractivity contribution >= 4 is 32.3 Å². The fourth-order valence-electron chi connectivity index (χ4n) is 1.03. The highest BCUT2D eigenvalue weighted by Gasteiger charge is 2.03. The van der Waals surface area contributed by atoms with E-state index in [0.29, 0.717) is 24.9 Å². The average Bonchev–Trinajstić information content (AvgIpc) is 2.25. The van der Waals surface area contributed by atoms with Gasteiger partial charge in [-0.15, -0.1) is 0 Å². The molecule has 80 valence electrons. The van der Waals surface area contributed by atoms with E-state index in [1.54, 1.807) is 40.9 Å². The smallest absolute Gasteiger partial charge is 0.252 e. The maximum atomic E-state index is 11.5. The molecule has 0 aliphatic heterocycles. The minimum absolute atomic E-state index is 0.114. The van der Waals surface area contributed by atoms with Gasteiger partial charge in [0.1, 0.15) is 0 Å². The standard InChI is InChI=1S/C10H11IN2O2/c11-9(14)4-2-6-13-10(15)8-3-1-5-12-7-8/h1,3,5,7H,2,4,6H2,(H,13,15). The maximum absolute atomic E-state index is 11.5. The van der Waals surface area contributed by atoms with Gasteiger partial charge in [0.15, 0.2) is 3.79 Å². The van der Waals surface area contributed by atoms with Crippen LogP contribution in [0.15, 0.2) is 24.5 Å². The zero-order valence-corrected chi connectivity index (χ0v) is 10.2. The largest absolute Gasteiger partial charge is 0.352 e. The summed E-state index contributed by atoms with van der Waals surface area (Å²) in [5, 5.41) is 2.72. The first-order valence-corrected chi connectivity index (χ1v) is 5.64. The van der Waals surface area contributed by atoms with Gasteiger partial charge in [-0.05, 0) is 41.1 Å². The average molecular weight is 318 g/mol. The first-order valence-electron chi connectivity index (χ1n) is 4.56. The molecular weight excluding hydrogens is 307 g/mol. The molecule has 0 saturated heterocycles. The number of aromatic nitrogens is 1. The van der Waals surface area contributed by atoms with E-state index in [9.17, 15) is 9.59 Å². The Morgan fingerprint density at radius 1 is 1.47 bits per heavy atom. The van der Waals surface area contributed by atoms with Crippen LogP contribution in [-0.4, -0.2) is 21.2 Å². The van der Waals surface area contributed by atoms with Crippen LogP contribution in [0, 0.1) is 0 Å². The lowest BCUT2D eigenvalue weighted by Gasteiger charge is -2.02. The second kappa shape index (κ2) is 6.49. The van der Waals surface area contributed by atoms with Crippen LogP contribution < -0.4 is 5.32 Å². The van der Waals surface area contributed by atoms with E-state index in [4.69, 9.17) is 0 Å². The summed E-state index contributed by atoms with van der Waals surface area (Å²) < 4.78 is 0.114. The van der Waals surface area contributed by atoms with Crippen LogP contribution in [0.1, 0.15) is 23.2 Å². The fourth-order valence-corrected chi connectivity index (χ4v) is 1.41. The van der Waals surface area contributed by atoms with E-state index in [-0.39, 0.29) is 9.70 Å². The number of hydrogen-bond donors (Lipinski definition) is 1. The molecule has 1 heterocycles. The number of pyridine rings is 1. The minimum Gasteiger partial charge on any atom is -0.352 e. The van der Waals surface area contributed by atoms with E-state index in [1.165, 1.54) is 6.20 Å². The van der Waals surface area contributed by atoms with Crippen molar-refractivity contribution < 1.29 is 9.59 Å². The number of halogens is 1. The molecule has 0 fully saturated rings. The highest BCUT2D eigenvalue weighted by molar-refractivity contribution is 14.1. The van der Waals surface area contributed by atoms with Crippen LogP contribution in [-0.2, 0) is 4.79 Å². The van der Waals surface area contributed by atoms with E-state index >= 15 is 0 Å². The van der Waals surface area contributed by atoms with E-state index in [2.05, 4.69) is 10.3 Å². The first-order chi connectivity index (χ1) is 7.20. The van der Waals surface area contributed by atoms with Gasteiger partial charge in [-0.1, -0.05) is 0 Å². The van der Waals surface area contributed by atoms with Gasteiger partial charge >= 0.3 is 0 Å². The molecule has 1 rings (SSSR count). The van der Waals surface area contributed by atoms with Crippen LogP contribution in [0.2, 0.25) is 0 Å². The molecule has 1 N–H and O–H groups in total. The lowest BCUT2D eigenvalue weighted by Crippen LogP contribution is -2.24. The van der Waals surface area contributed by atoms with Crippen molar-refractivity contribution in [1.82, 2.24) is 10.3 Å². The Morgan fingerprint density at radius 2 is 2.27 bits per heavy atom. The highest BCUT2D eigenvalue weighted by atomic mass is 127. The third kappa shape index (κ3) is 4.87. The Balaban J connectivity index is 2.28. The van der Waals surface area contributed by atoms with E-state index in [1.807, 2.05) is 0 Å². The SMILES string of the molecule is O=C(I)CCCNC(=O)c1cccnc1. The van der Waals surface area contributed by atoms with Crippen molar-refractivity contribution in [2.45, 2.75) is 12.8 Å². The second-order valence-corrected chi connectivity index (χ2v) is 4.16. The minimum atomic E-state index is -0.149. The second-order valence-electron chi connectivity index (χ2n) is 2.96. The predicted molar refractivity (Wildman–Crippen MR) is 64.8 cm³/mol. The van der Waals surface area contributed by atoms with Crippen molar-refractivity contribution in [3.63, 3.8) is 0 Å². The van der Waals surface area contributed by atoms with Crippen molar-refractivity contribution in [3.05, 3.63) is 30.1 Å². The van der Waals surface area contributed by atoms with Crippen LogP contribution in [0.5, 0.6) is 0 Å². The molecule has 15 heavy (non-hydrogen) atoms. The Labute approximate surface area is 102 Å². The third-order valence-corrected chi connectivity index (χ3v) is 2.30. The number of carbonyl (C=O) groups is 2. The van der Waals surface area contributed by atoms with Crippen molar-refractivity contribution in [2.24, 2.45) is 0 Å². The molecule has 5 heteroatoms. The van der Waals surface area contributed by atoms with Crippen molar-refractivity contribution in [2.75, 3.05) is 6.54 Å². The van der Waals surface area contributed by atoms with Crippen LogP contribution in [0.4, 0.5) is 0 Å². The molecule has 0 unspecified atom stereocenters. The van der Waals surface area contributed by atoms with Crippen molar-refractivity contribution in [1.29, 1.82) is 0 Å². The molecule has 0 aliphatic carbocycles. The lowest BCUT2D eigenvalue weighted by molar-refractivity contribution is -0.109. The van der Waals surface area contributed by atoms with Gasteiger partial charge < -0.3 is 5.32 Å². The number of amides is 1. The number of hydrogen-bond acceptors (Lipinski definition) is 3. The van der Waals surface area contributed by atoms with Crippen LogP contribution >= 0.6 is 22.6 Å². The monoisotopic (exact) mass is 318 g/mol. The summed E-state index contributed by atoms with van der Waals surface area (Å²) in [4.78, 5) is 25.9. The first kappa shape index (κ1) is 12.1. The summed E-state index contributed by atoms with van der Waals surface area (Å²) >= 11 is 1.75. The summed E-state index contributed by atoms with van der Waals surface area (Å²) in [5.41, 5.74) is 0.540. The molecule has 0 aromatic carbocycles. The number of carbonyl (C=O) groups excluding carboxylic acids is 2.